The van der Waals surface area contributed by atoms with Crippen LogP contribution >= 0.6 is 27.5 Å². The largest absolute Gasteiger partial charge is 0.367 e. The van der Waals surface area contributed by atoms with E-state index >= 15 is 0 Å². The predicted octanol–water partition coefficient (Wildman–Crippen LogP) is 4.17. The van der Waals surface area contributed by atoms with Crippen molar-refractivity contribution < 1.29 is 4.39 Å². The fraction of sp³-hybridized carbons (Fsp3) is 0.300. The van der Waals surface area contributed by atoms with Crippen LogP contribution in [0.4, 0.5) is 16.2 Å². The van der Waals surface area contributed by atoms with Crippen LogP contribution in [-0.4, -0.2) is 39.1 Å². The van der Waals surface area contributed by atoms with E-state index in [4.69, 9.17) is 11.6 Å². The number of hydrogen-bond donors (Lipinski definition) is 2. The van der Waals surface area contributed by atoms with E-state index in [1.165, 1.54) is 12.1 Å². The summed E-state index contributed by atoms with van der Waals surface area (Å²) in [7, 11) is 0. The van der Waals surface area contributed by atoms with Crippen LogP contribution in [0.15, 0.2) is 39.6 Å². The third kappa shape index (κ3) is 4.79. The first kappa shape index (κ1) is 20.7. The molecule has 1 aliphatic rings. The Morgan fingerprint density at radius 2 is 1.97 bits per heavy atom. The van der Waals surface area contributed by atoms with Gasteiger partial charge >= 0.3 is 0 Å². The molecule has 30 heavy (non-hydrogen) atoms. The minimum absolute atomic E-state index is 0.0494. The first-order valence-corrected chi connectivity index (χ1v) is 10.6. The molecule has 3 heterocycles. The molecule has 0 saturated carbocycles. The van der Waals surface area contributed by atoms with Gasteiger partial charge in [-0.25, -0.2) is 19.3 Å². The summed E-state index contributed by atoms with van der Waals surface area (Å²) in [6.07, 6.45) is 1.64. The van der Waals surface area contributed by atoms with E-state index in [9.17, 15) is 9.18 Å². The summed E-state index contributed by atoms with van der Waals surface area (Å²) < 4.78 is 15.0. The van der Waals surface area contributed by atoms with Gasteiger partial charge in [-0.15, -0.1) is 0 Å². The van der Waals surface area contributed by atoms with Crippen molar-refractivity contribution in [2.24, 2.45) is 0 Å². The van der Waals surface area contributed by atoms with E-state index in [-0.39, 0.29) is 22.7 Å². The average Bonchev–Trinajstić information content (AvgIpc) is 2.69. The molecule has 1 aromatic carbocycles. The van der Waals surface area contributed by atoms with Gasteiger partial charge in [0.05, 0.1) is 5.69 Å². The number of piperidine rings is 1. The van der Waals surface area contributed by atoms with Crippen LogP contribution in [0.3, 0.4) is 0 Å². The standard InChI is InChI=1S/C20H19BrClFN6O/c1-11-8-18(30)28-20(24-11)29-6-4-13(5-7-29)25-17-10-16(26-19(22)27-17)14-9-12(21)2-3-15(14)23/h2-3,8-10,13H,4-7H2,1H3,(H,24,28,30)(H,25,26,27). The SMILES string of the molecule is Cc1cc(=O)[nH]c(N2CCC(Nc3cc(-c4cc(Br)ccc4F)nc(Cl)n3)CC2)n1. The maximum atomic E-state index is 14.3. The number of anilines is 2. The molecule has 0 unspecified atom stereocenters. The zero-order chi connectivity index (χ0) is 21.3. The quantitative estimate of drug-likeness (QED) is 0.531. The molecule has 0 aliphatic carbocycles. The highest BCUT2D eigenvalue weighted by Crippen LogP contribution is 2.28. The van der Waals surface area contributed by atoms with Gasteiger partial charge in [-0.1, -0.05) is 15.9 Å². The lowest BCUT2D eigenvalue weighted by Crippen LogP contribution is -2.40. The summed E-state index contributed by atoms with van der Waals surface area (Å²) in [5.74, 6) is 0.757. The number of benzene rings is 1. The third-order valence-corrected chi connectivity index (χ3v) is 5.57. The number of aromatic amines is 1. The van der Waals surface area contributed by atoms with Crippen LogP contribution in [0, 0.1) is 12.7 Å². The monoisotopic (exact) mass is 492 g/mol. The smallest absolute Gasteiger partial charge is 0.252 e. The van der Waals surface area contributed by atoms with E-state index in [1.54, 1.807) is 25.1 Å². The van der Waals surface area contributed by atoms with Gasteiger partial charge in [0.1, 0.15) is 11.6 Å². The molecule has 4 rings (SSSR count). The van der Waals surface area contributed by atoms with Gasteiger partial charge in [-0.3, -0.25) is 9.78 Å². The molecule has 1 fully saturated rings. The van der Waals surface area contributed by atoms with Crippen LogP contribution in [0.1, 0.15) is 18.5 Å². The molecule has 1 aliphatic heterocycles. The molecule has 0 spiro atoms. The molecule has 1 saturated heterocycles. The second kappa shape index (κ2) is 8.69. The predicted molar refractivity (Wildman–Crippen MR) is 119 cm³/mol. The Balaban J connectivity index is 1.47. The summed E-state index contributed by atoms with van der Waals surface area (Å²) in [6, 6.07) is 7.99. The minimum atomic E-state index is -0.383. The summed E-state index contributed by atoms with van der Waals surface area (Å²) >= 11 is 9.45. The zero-order valence-corrected chi connectivity index (χ0v) is 18.5. The Kier molecular flexibility index (Phi) is 6.01. The average molecular weight is 494 g/mol. The van der Waals surface area contributed by atoms with Crippen LogP contribution in [0.2, 0.25) is 5.28 Å². The topological polar surface area (TPSA) is 86.8 Å². The number of H-pyrrole nitrogens is 1. The van der Waals surface area contributed by atoms with Crippen molar-refractivity contribution in [1.82, 2.24) is 19.9 Å². The van der Waals surface area contributed by atoms with Gasteiger partial charge in [0, 0.05) is 47.0 Å². The van der Waals surface area contributed by atoms with Crippen molar-refractivity contribution in [2.45, 2.75) is 25.8 Å². The lowest BCUT2D eigenvalue weighted by molar-refractivity contribution is 0.518. The summed E-state index contributed by atoms with van der Waals surface area (Å²) in [6.45, 7) is 3.27. The Labute approximate surface area is 185 Å². The molecule has 0 radical (unpaired) electrons. The van der Waals surface area contributed by atoms with Crippen molar-refractivity contribution in [3.05, 3.63) is 62.0 Å². The van der Waals surface area contributed by atoms with E-state index in [0.717, 1.165) is 30.4 Å². The molecule has 2 N–H and O–H groups in total. The maximum Gasteiger partial charge on any atom is 0.252 e. The van der Waals surface area contributed by atoms with Gasteiger partial charge in [0.25, 0.3) is 5.56 Å². The van der Waals surface area contributed by atoms with Crippen LogP contribution in [0.25, 0.3) is 11.3 Å². The van der Waals surface area contributed by atoms with Gasteiger partial charge in [-0.05, 0) is 49.6 Å². The number of nitrogens with zero attached hydrogens (tertiary/aromatic N) is 4. The third-order valence-electron chi connectivity index (χ3n) is 4.91. The van der Waals surface area contributed by atoms with Crippen molar-refractivity contribution in [3.8, 4) is 11.3 Å². The number of nitrogens with one attached hydrogen (secondary N) is 2. The molecular weight excluding hydrogens is 475 g/mol. The highest BCUT2D eigenvalue weighted by molar-refractivity contribution is 9.10. The maximum absolute atomic E-state index is 14.3. The van der Waals surface area contributed by atoms with Gasteiger partial charge < -0.3 is 10.2 Å². The fourth-order valence-corrected chi connectivity index (χ4v) is 4.02. The van der Waals surface area contributed by atoms with E-state index in [1.807, 2.05) is 0 Å². The van der Waals surface area contributed by atoms with Crippen molar-refractivity contribution in [2.75, 3.05) is 23.3 Å². The normalized spacial score (nSPS) is 14.7. The van der Waals surface area contributed by atoms with Crippen LogP contribution in [0.5, 0.6) is 0 Å². The summed E-state index contributed by atoms with van der Waals surface area (Å²) in [5, 5.41) is 3.42. The highest BCUT2D eigenvalue weighted by atomic mass is 79.9. The van der Waals surface area contributed by atoms with E-state index in [0.29, 0.717) is 28.7 Å². The molecule has 10 heteroatoms. The van der Waals surface area contributed by atoms with E-state index in [2.05, 4.69) is 46.1 Å². The highest BCUT2D eigenvalue weighted by Gasteiger charge is 2.22. The van der Waals surface area contributed by atoms with Crippen LogP contribution in [-0.2, 0) is 0 Å². The number of rotatable bonds is 4. The Hall–Kier alpha value is -2.52. The number of hydrogen-bond acceptors (Lipinski definition) is 6. The fourth-order valence-electron chi connectivity index (χ4n) is 3.48. The Morgan fingerprint density at radius 1 is 1.20 bits per heavy atom. The van der Waals surface area contributed by atoms with E-state index < -0.39 is 0 Å². The number of aryl methyl sites for hydroxylation is 1. The first-order valence-electron chi connectivity index (χ1n) is 9.47. The molecule has 3 aromatic rings. The molecule has 0 amide bonds. The van der Waals surface area contributed by atoms with Crippen LogP contribution < -0.4 is 15.8 Å². The van der Waals surface area contributed by atoms with Gasteiger partial charge in [0.15, 0.2) is 0 Å². The molecular formula is C20H19BrClFN6O. The minimum Gasteiger partial charge on any atom is -0.367 e. The molecule has 2 aromatic heterocycles. The molecule has 7 nitrogen and oxygen atoms in total. The molecule has 0 bridgehead atoms. The van der Waals surface area contributed by atoms with Crippen molar-refractivity contribution in [3.63, 3.8) is 0 Å². The lowest BCUT2D eigenvalue weighted by atomic mass is 10.1. The molecule has 0 atom stereocenters. The van der Waals surface area contributed by atoms with Crippen molar-refractivity contribution >= 4 is 39.3 Å². The van der Waals surface area contributed by atoms with Crippen molar-refractivity contribution in [1.29, 1.82) is 0 Å². The summed E-state index contributed by atoms with van der Waals surface area (Å²) in [5.41, 5.74) is 1.30. The first-order chi connectivity index (χ1) is 14.4. The lowest BCUT2D eigenvalue weighted by Gasteiger charge is -2.33. The number of aromatic nitrogens is 4. The van der Waals surface area contributed by atoms with Gasteiger partial charge in [-0.2, -0.15) is 0 Å². The molecule has 156 valence electrons. The summed E-state index contributed by atoms with van der Waals surface area (Å²) in [4.78, 5) is 29.4. The van der Waals surface area contributed by atoms with Gasteiger partial charge in [0.2, 0.25) is 11.2 Å². The second-order valence-corrected chi connectivity index (χ2v) is 8.40. The number of halogens is 3. The Bertz CT molecular complexity index is 1130. The second-order valence-electron chi connectivity index (χ2n) is 7.15. The zero-order valence-electron chi connectivity index (χ0n) is 16.1. The Morgan fingerprint density at radius 3 is 2.70 bits per heavy atom.